The van der Waals surface area contributed by atoms with Crippen LogP contribution in [-0.2, 0) is 25.7 Å². The number of hydrogen-bond donors (Lipinski definition) is 1. The van der Waals surface area contributed by atoms with Crippen LogP contribution >= 0.6 is 11.3 Å². The van der Waals surface area contributed by atoms with Gasteiger partial charge in [-0.2, -0.15) is 13.2 Å². The third-order valence-corrected chi connectivity index (χ3v) is 4.23. The van der Waals surface area contributed by atoms with E-state index in [4.69, 9.17) is 0 Å². The molecule has 1 nitrogen and oxygen atoms in total. The smallest absolute Gasteiger partial charge is 0.308 e. The van der Waals surface area contributed by atoms with Crippen LogP contribution in [0.15, 0.2) is 36.4 Å². The molecular weight excluding hydrogens is 283 g/mol. The Labute approximate surface area is 120 Å². The van der Waals surface area contributed by atoms with E-state index >= 15 is 0 Å². The summed E-state index contributed by atoms with van der Waals surface area (Å²) in [5.41, 5.74) is -0.278. The van der Waals surface area contributed by atoms with Crippen LogP contribution in [0.25, 0.3) is 0 Å². The Bertz CT molecular complexity index is 560. The van der Waals surface area contributed by atoms with E-state index in [-0.39, 0.29) is 12.1 Å². The number of benzene rings is 1. The van der Waals surface area contributed by atoms with Crippen LogP contribution in [0.1, 0.15) is 27.8 Å². The molecule has 0 aliphatic heterocycles. The van der Waals surface area contributed by atoms with Gasteiger partial charge in [0, 0.05) is 22.8 Å². The first-order valence-corrected chi connectivity index (χ1v) is 7.25. The first kappa shape index (κ1) is 15.1. The SMILES string of the molecule is CCc1ccc(CNCc2ccccc2C(F)(F)F)s1. The van der Waals surface area contributed by atoms with Crippen molar-refractivity contribution in [3.63, 3.8) is 0 Å². The van der Waals surface area contributed by atoms with Crippen molar-refractivity contribution in [2.24, 2.45) is 0 Å². The zero-order valence-corrected chi connectivity index (χ0v) is 11.9. The van der Waals surface area contributed by atoms with Crippen LogP contribution in [0.2, 0.25) is 0 Å². The molecule has 108 valence electrons. The Morgan fingerprint density at radius 2 is 1.70 bits per heavy atom. The van der Waals surface area contributed by atoms with E-state index in [1.54, 1.807) is 17.4 Å². The predicted octanol–water partition coefficient (Wildman–Crippen LogP) is 4.62. The molecule has 2 rings (SSSR count). The Balaban J connectivity index is 1.97. The molecule has 0 amide bonds. The van der Waals surface area contributed by atoms with Gasteiger partial charge in [0.25, 0.3) is 0 Å². The lowest BCUT2D eigenvalue weighted by atomic mass is 10.1. The topological polar surface area (TPSA) is 12.0 Å². The maximum atomic E-state index is 12.8. The van der Waals surface area contributed by atoms with Crippen molar-refractivity contribution in [3.8, 4) is 0 Å². The largest absolute Gasteiger partial charge is 0.416 e. The molecule has 0 atom stereocenters. The molecule has 0 aliphatic rings. The monoisotopic (exact) mass is 299 g/mol. The van der Waals surface area contributed by atoms with Gasteiger partial charge in [0.05, 0.1) is 5.56 Å². The summed E-state index contributed by atoms with van der Waals surface area (Å²) in [6.45, 7) is 2.90. The molecule has 20 heavy (non-hydrogen) atoms. The average molecular weight is 299 g/mol. The number of thiophene rings is 1. The molecule has 0 fully saturated rings. The second-order valence-electron chi connectivity index (χ2n) is 4.48. The summed E-state index contributed by atoms with van der Waals surface area (Å²) < 4.78 is 38.5. The molecule has 0 saturated heterocycles. The van der Waals surface area contributed by atoms with Gasteiger partial charge in [0.15, 0.2) is 0 Å². The fraction of sp³-hybridized carbons (Fsp3) is 0.333. The summed E-state index contributed by atoms with van der Waals surface area (Å²) >= 11 is 1.69. The number of aryl methyl sites for hydroxylation is 1. The molecular formula is C15H16F3NS. The molecule has 1 N–H and O–H groups in total. The van der Waals surface area contributed by atoms with Crippen molar-refractivity contribution < 1.29 is 13.2 Å². The minimum Gasteiger partial charge on any atom is -0.308 e. The zero-order valence-electron chi connectivity index (χ0n) is 11.1. The van der Waals surface area contributed by atoms with Gasteiger partial charge in [-0.1, -0.05) is 25.1 Å². The first-order valence-electron chi connectivity index (χ1n) is 6.44. The molecule has 0 bridgehead atoms. The number of alkyl halides is 3. The fourth-order valence-corrected chi connectivity index (χ4v) is 2.91. The molecule has 0 spiro atoms. The summed E-state index contributed by atoms with van der Waals surface area (Å²) in [4.78, 5) is 2.43. The predicted molar refractivity (Wildman–Crippen MR) is 75.7 cm³/mol. The molecule has 1 aromatic carbocycles. The average Bonchev–Trinajstić information content (AvgIpc) is 2.86. The molecule has 0 unspecified atom stereocenters. The highest BCUT2D eigenvalue weighted by Crippen LogP contribution is 2.31. The van der Waals surface area contributed by atoms with Crippen molar-refractivity contribution in [1.29, 1.82) is 0 Å². The minimum absolute atomic E-state index is 0.217. The molecule has 5 heteroatoms. The Morgan fingerprint density at radius 1 is 1.00 bits per heavy atom. The van der Waals surface area contributed by atoms with E-state index in [1.807, 2.05) is 6.07 Å². The number of halogens is 3. The van der Waals surface area contributed by atoms with E-state index < -0.39 is 11.7 Å². The van der Waals surface area contributed by atoms with Gasteiger partial charge in [-0.3, -0.25) is 0 Å². The standard InChI is InChI=1S/C15H16F3NS/c1-2-12-7-8-13(20-12)10-19-9-11-5-3-4-6-14(11)15(16,17)18/h3-8,19H,2,9-10H2,1H3. The van der Waals surface area contributed by atoms with Gasteiger partial charge in [0.1, 0.15) is 0 Å². The van der Waals surface area contributed by atoms with Crippen LogP contribution < -0.4 is 5.32 Å². The normalized spacial score (nSPS) is 11.8. The van der Waals surface area contributed by atoms with Crippen LogP contribution in [0.3, 0.4) is 0 Å². The van der Waals surface area contributed by atoms with Crippen LogP contribution in [0, 0.1) is 0 Å². The van der Waals surface area contributed by atoms with Gasteiger partial charge in [-0.15, -0.1) is 11.3 Å². The van der Waals surface area contributed by atoms with Gasteiger partial charge in [-0.25, -0.2) is 0 Å². The third kappa shape index (κ3) is 3.84. The summed E-state index contributed by atoms with van der Waals surface area (Å²) in [7, 11) is 0. The second kappa shape index (κ2) is 6.41. The summed E-state index contributed by atoms with van der Waals surface area (Å²) in [5, 5.41) is 3.08. The van der Waals surface area contributed by atoms with Gasteiger partial charge >= 0.3 is 6.18 Å². The molecule has 1 heterocycles. The maximum Gasteiger partial charge on any atom is 0.416 e. The van der Waals surface area contributed by atoms with Gasteiger partial charge < -0.3 is 5.32 Å². The van der Waals surface area contributed by atoms with Gasteiger partial charge in [-0.05, 0) is 30.2 Å². The lowest BCUT2D eigenvalue weighted by molar-refractivity contribution is -0.138. The van der Waals surface area contributed by atoms with E-state index in [2.05, 4.69) is 18.3 Å². The molecule has 2 aromatic rings. The molecule has 0 saturated carbocycles. The van der Waals surface area contributed by atoms with Crippen molar-refractivity contribution in [1.82, 2.24) is 5.32 Å². The molecule has 0 aliphatic carbocycles. The first-order chi connectivity index (χ1) is 9.50. The number of rotatable bonds is 5. The summed E-state index contributed by atoms with van der Waals surface area (Å²) in [5.74, 6) is 0. The summed E-state index contributed by atoms with van der Waals surface area (Å²) in [6.07, 6.45) is -3.31. The van der Waals surface area contributed by atoms with E-state index in [1.165, 1.54) is 17.0 Å². The van der Waals surface area contributed by atoms with Gasteiger partial charge in [0.2, 0.25) is 0 Å². The molecule has 0 radical (unpaired) electrons. The van der Waals surface area contributed by atoms with Crippen molar-refractivity contribution >= 4 is 11.3 Å². The van der Waals surface area contributed by atoms with E-state index in [0.717, 1.165) is 17.4 Å². The maximum absolute atomic E-state index is 12.8. The minimum atomic E-state index is -4.30. The second-order valence-corrected chi connectivity index (χ2v) is 5.73. The fourth-order valence-electron chi connectivity index (χ4n) is 1.98. The summed E-state index contributed by atoms with van der Waals surface area (Å²) in [6, 6.07) is 9.77. The van der Waals surface area contributed by atoms with Crippen molar-refractivity contribution in [2.75, 3.05) is 0 Å². The van der Waals surface area contributed by atoms with Crippen LogP contribution in [0.4, 0.5) is 13.2 Å². The Morgan fingerprint density at radius 3 is 2.35 bits per heavy atom. The highest BCUT2D eigenvalue weighted by molar-refractivity contribution is 7.11. The van der Waals surface area contributed by atoms with Crippen LogP contribution in [0.5, 0.6) is 0 Å². The molecule has 1 aromatic heterocycles. The van der Waals surface area contributed by atoms with Crippen molar-refractivity contribution in [3.05, 3.63) is 57.3 Å². The Hall–Kier alpha value is -1.33. The number of nitrogens with one attached hydrogen (secondary N) is 1. The van der Waals surface area contributed by atoms with Crippen molar-refractivity contribution in [2.45, 2.75) is 32.6 Å². The Kier molecular flexibility index (Phi) is 4.83. The lowest BCUT2D eigenvalue weighted by Gasteiger charge is -2.12. The quantitative estimate of drug-likeness (QED) is 0.849. The van der Waals surface area contributed by atoms with E-state index in [0.29, 0.717) is 6.54 Å². The highest BCUT2D eigenvalue weighted by Gasteiger charge is 2.32. The van der Waals surface area contributed by atoms with Crippen LogP contribution in [-0.4, -0.2) is 0 Å². The van der Waals surface area contributed by atoms with E-state index in [9.17, 15) is 13.2 Å². The lowest BCUT2D eigenvalue weighted by Crippen LogP contribution is -2.16. The third-order valence-electron chi connectivity index (χ3n) is 3.00. The zero-order chi connectivity index (χ0) is 14.6. The number of hydrogen-bond acceptors (Lipinski definition) is 2. The highest BCUT2D eigenvalue weighted by atomic mass is 32.1.